The minimum Gasteiger partial charge on any atom is -0.327 e. The fourth-order valence-electron chi connectivity index (χ4n) is 1.30. The Hall–Kier alpha value is -0.820. The Morgan fingerprint density at radius 3 is 2.42 bits per heavy atom. The van der Waals surface area contributed by atoms with Gasteiger partial charge in [-0.1, -0.05) is 30.4 Å². The van der Waals surface area contributed by atoms with E-state index in [1.807, 2.05) is 19.9 Å². The molecule has 1 fully saturated rings. The molecule has 0 aromatic carbocycles. The van der Waals surface area contributed by atoms with Gasteiger partial charge in [0.25, 0.3) is 0 Å². The lowest BCUT2D eigenvalue weighted by molar-refractivity contribution is 0.941. The van der Waals surface area contributed by atoms with E-state index >= 15 is 0 Å². The monoisotopic (exact) mass is 163 g/mol. The first-order valence-electron chi connectivity index (χ1n) is 4.50. The van der Waals surface area contributed by atoms with Crippen molar-refractivity contribution in [3.05, 3.63) is 36.0 Å². The molecule has 0 amide bonds. The zero-order valence-corrected chi connectivity index (χ0v) is 7.83. The van der Waals surface area contributed by atoms with E-state index in [9.17, 15) is 0 Å². The molecule has 0 bridgehead atoms. The van der Waals surface area contributed by atoms with Crippen LogP contribution in [0.4, 0.5) is 0 Å². The van der Waals surface area contributed by atoms with E-state index in [-0.39, 0.29) is 0 Å². The Balaban J connectivity index is 2.61. The lowest BCUT2D eigenvalue weighted by Crippen LogP contribution is -2.02. The summed E-state index contributed by atoms with van der Waals surface area (Å²) in [6.45, 7) is 4.06. The van der Waals surface area contributed by atoms with Crippen LogP contribution in [0.1, 0.15) is 20.3 Å². The molecule has 0 aliphatic heterocycles. The lowest BCUT2D eigenvalue weighted by atomic mass is 10.1. The maximum Gasteiger partial charge on any atom is 0.0115 e. The average molecular weight is 163 g/mol. The van der Waals surface area contributed by atoms with Crippen LogP contribution in [0.15, 0.2) is 36.0 Å². The highest BCUT2D eigenvalue weighted by atomic mass is 14.7. The second-order valence-corrected chi connectivity index (χ2v) is 3.20. The highest BCUT2D eigenvalue weighted by Gasteiger charge is 2.34. The molecule has 0 aromatic rings. The van der Waals surface area contributed by atoms with E-state index in [2.05, 4.69) is 24.3 Å². The van der Waals surface area contributed by atoms with Gasteiger partial charge in [-0.05, 0) is 25.8 Å². The summed E-state index contributed by atoms with van der Waals surface area (Å²) in [6, 6.07) is 0.401. The molecule has 66 valence electrons. The molecule has 1 rings (SSSR count). The van der Waals surface area contributed by atoms with Crippen molar-refractivity contribution in [1.82, 2.24) is 0 Å². The van der Waals surface area contributed by atoms with Crippen LogP contribution in [0.3, 0.4) is 0 Å². The second-order valence-electron chi connectivity index (χ2n) is 3.20. The first-order valence-corrected chi connectivity index (χ1v) is 4.50. The largest absolute Gasteiger partial charge is 0.327 e. The van der Waals surface area contributed by atoms with Crippen molar-refractivity contribution in [3.8, 4) is 0 Å². The minimum absolute atomic E-state index is 0.401. The van der Waals surface area contributed by atoms with Gasteiger partial charge < -0.3 is 5.73 Å². The quantitative estimate of drug-likeness (QED) is 0.635. The SMILES string of the molecule is C\C=C/C=C(\C=C/C)C1CC1N. The molecule has 1 saturated carbocycles. The fourth-order valence-corrected chi connectivity index (χ4v) is 1.30. The normalized spacial score (nSPS) is 30.4. The second kappa shape index (κ2) is 4.27. The molecule has 0 spiro atoms. The third-order valence-electron chi connectivity index (χ3n) is 2.11. The maximum absolute atomic E-state index is 5.77. The Bertz CT molecular complexity index is 223. The number of hydrogen-bond acceptors (Lipinski definition) is 1. The first kappa shape index (κ1) is 9.27. The van der Waals surface area contributed by atoms with Crippen molar-refractivity contribution < 1.29 is 0 Å². The number of allylic oxidation sites excluding steroid dienone is 5. The van der Waals surface area contributed by atoms with Gasteiger partial charge in [0.2, 0.25) is 0 Å². The van der Waals surface area contributed by atoms with E-state index in [4.69, 9.17) is 5.73 Å². The summed E-state index contributed by atoms with van der Waals surface area (Å²) >= 11 is 0. The molecular formula is C11H17N. The van der Waals surface area contributed by atoms with Crippen molar-refractivity contribution in [2.24, 2.45) is 11.7 Å². The van der Waals surface area contributed by atoms with E-state index in [0.29, 0.717) is 12.0 Å². The average Bonchev–Trinajstić information content (AvgIpc) is 2.76. The van der Waals surface area contributed by atoms with Gasteiger partial charge in [-0.3, -0.25) is 0 Å². The molecule has 2 atom stereocenters. The van der Waals surface area contributed by atoms with Gasteiger partial charge in [-0.2, -0.15) is 0 Å². The van der Waals surface area contributed by atoms with Crippen LogP contribution >= 0.6 is 0 Å². The van der Waals surface area contributed by atoms with Crippen LogP contribution in [-0.4, -0.2) is 6.04 Å². The van der Waals surface area contributed by atoms with Gasteiger partial charge >= 0.3 is 0 Å². The molecule has 1 nitrogen and oxygen atoms in total. The maximum atomic E-state index is 5.77. The van der Waals surface area contributed by atoms with E-state index in [1.165, 1.54) is 5.57 Å². The molecule has 1 heteroatoms. The summed E-state index contributed by atoms with van der Waals surface area (Å²) in [7, 11) is 0. The van der Waals surface area contributed by atoms with Crippen molar-refractivity contribution in [2.45, 2.75) is 26.3 Å². The molecule has 12 heavy (non-hydrogen) atoms. The van der Waals surface area contributed by atoms with Gasteiger partial charge in [0, 0.05) is 12.0 Å². The third-order valence-corrected chi connectivity index (χ3v) is 2.11. The van der Waals surface area contributed by atoms with Crippen LogP contribution < -0.4 is 5.73 Å². The highest BCUT2D eigenvalue weighted by molar-refractivity contribution is 5.31. The number of hydrogen-bond donors (Lipinski definition) is 1. The van der Waals surface area contributed by atoms with Crippen LogP contribution in [0, 0.1) is 5.92 Å². The van der Waals surface area contributed by atoms with Crippen LogP contribution in [0.2, 0.25) is 0 Å². The predicted molar refractivity (Wildman–Crippen MR) is 53.8 cm³/mol. The minimum atomic E-state index is 0.401. The van der Waals surface area contributed by atoms with Crippen molar-refractivity contribution in [3.63, 3.8) is 0 Å². The summed E-state index contributed by atoms with van der Waals surface area (Å²) in [6.07, 6.45) is 11.6. The van der Waals surface area contributed by atoms with Gasteiger partial charge in [-0.15, -0.1) is 0 Å². The molecule has 0 aromatic heterocycles. The lowest BCUT2D eigenvalue weighted by Gasteiger charge is -1.96. The van der Waals surface area contributed by atoms with Gasteiger partial charge in [0.1, 0.15) is 0 Å². The van der Waals surface area contributed by atoms with Crippen LogP contribution in [0.25, 0.3) is 0 Å². The van der Waals surface area contributed by atoms with Crippen LogP contribution in [0.5, 0.6) is 0 Å². The molecule has 1 aliphatic carbocycles. The Morgan fingerprint density at radius 2 is 2.00 bits per heavy atom. The van der Waals surface area contributed by atoms with Gasteiger partial charge in [0.05, 0.1) is 0 Å². The Labute approximate surface area is 74.7 Å². The zero-order chi connectivity index (χ0) is 8.97. The summed E-state index contributed by atoms with van der Waals surface area (Å²) < 4.78 is 0. The Morgan fingerprint density at radius 1 is 1.33 bits per heavy atom. The van der Waals surface area contributed by atoms with Gasteiger partial charge in [-0.25, -0.2) is 0 Å². The number of nitrogens with two attached hydrogens (primary N) is 1. The molecule has 2 N–H and O–H groups in total. The van der Waals surface area contributed by atoms with E-state index in [0.717, 1.165) is 6.42 Å². The predicted octanol–water partition coefficient (Wildman–Crippen LogP) is 2.41. The van der Waals surface area contributed by atoms with Crippen molar-refractivity contribution in [1.29, 1.82) is 0 Å². The van der Waals surface area contributed by atoms with Gasteiger partial charge in [0.15, 0.2) is 0 Å². The summed E-state index contributed by atoms with van der Waals surface area (Å²) in [5, 5.41) is 0. The van der Waals surface area contributed by atoms with Crippen molar-refractivity contribution >= 4 is 0 Å². The zero-order valence-electron chi connectivity index (χ0n) is 7.83. The molecule has 0 radical (unpaired) electrons. The molecule has 0 saturated heterocycles. The molecule has 0 heterocycles. The first-order chi connectivity index (χ1) is 5.79. The molecular weight excluding hydrogens is 146 g/mol. The fraction of sp³-hybridized carbons (Fsp3) is 0.455. The summed E-state index contributed by atoms with van der Waals surface area (Å²) in [5.74, 6) is 0.609. The standard InChI is InChI=1S/C11H17N/c1-3-5-7-9(6-4-2)10-8-11(10)12/h3-7,10-11H,8,12H2,1-2H3/b5-3-,6-4-,9-7+. The topological polar surface area (TPSA) is 26.0 Å². The van der Waals surface area contributed by atoms with E-state index < -0.39 is 0 Å². The Kier molecular flexibility index (Phi) is 3.30. The molecule has 1 aliphatic rings. The van der Waals surface area contributed by atoms with Crippen molar-refractivity contribution in [2.75, 3.05) is 0 Å². The third kappa shape index (κ3) is 2.35. The summed E-state index contributed by atoms with van der Waals surface area (Å²) in [4.78, 5) is 0. The van der Waals surface area contributed by atoms with E-state index in [1.54, 1.807) is 0 Å². The number of rotatable bonds is 3. The van der Waals surface area contributed by atoms with Crippen LogP contribution in [-0.2, 0) is 0 Å². The summed E-state index contributed by atoms with van der Waals surface area (Å²) in [5.41, 5.74) is 7.13. The molecule has 2 unspecified atom stereocenters. The highest BCUT2D eigenvalue weighted by Crippen LogP contribution is 2.35. The smallest absolute Gasteiger partial charge is 0.0115 e.